The van der Waals surface area contributed by atoms with Crippen molar-refractivity contribution in [3.05, 3.63) is 0 Å². The largest absolute Gasteiger partial charge is 0.270 e. The summed E-state index contributed by atoms with van der Waals surface area (Å²) in [5, 5.41) is 3.98. The van der Waals surface area contributed by atoms with E-state index in [-0.39, 0.29) is 23.5 Å². The van der Waals surface area contributed by atoms with E-state index in [1.54, 1.807) is 0 Å². The van der Waals surface area contributed by atoms with Crippen molar-refractivity contribution in [1.82, 2.24) is 10.1 Å². The van der Waals surface area contributed by atoms with Crippen LogP contribution in [0.1, 0.15) is 41.5 Å². The van der Waals surface area contributed by atoms with Gasteiger partial charge >= 0.3 is 0 Å². The minimum Gasteiger partial charge on any atom is -0.270 e. The van der Waals surface area contributed by atoms with Crippen molar-refractivity contribution in [2.24, 2.45) is 0 Å². The highest BCUT2D eigenvalue weighted by Crippen LogP contribution is 2.44. The van der Waals surface area contributed by atoms with E-state index in [9.17, 15) is 0 Å². The van der Waals surface area contributed by atoms with Crippen LogP contribution in [0.5, 0.6) is 0 Å². The average molecular weight is 200 g/mol. The third-order valence-electron chi connectivity index (χ3n) is 2.38. The number of hydrogen-bond acceptors (Lipinski definition) is 4. The maximum atomic E-state index is 5.50. The molecule has 0 aromatic rings. The Morgan fingerprint density at radius 1 is 0.714 bits per heavy atom. The summed E-state index contributed by atoms with van der Waals surface area (Å²) in [6.07, 6.45) is 0.239. The first-order valence-electron chi connectivity index (χ1n) is 5.13. The van der Waals surface area contributed by atoms with Gasteiger partial charge in [-0.3, -0.25) is 9.68 Å². The maximum Gasteiger partial charge on any atom is 0.198 e. The van der Waals surface area contributed by atoms with Crippen LogP contribution in [-0.4, -0.2) is 33.7 Å². The lowest BCUT2D eigenvalue weighted by Gasteiger charge is -2.17. The third kappa shape index (κ3) is 1.80. The Balaban J connectivity index is 1.87. The summed E-state index contributed by atoms with van der Waals surface area (Å²) in [6.45, 7) is 12.8. The van der Waals surface area contributed by atoms with Crippen molar-refractivity contribution in [3.8, 4) is 0 Å². The summed E-state index contributed by atoms with van der Waals surface area (Å²) in [5.74, 6) is 0. The first-order chi connectivity index (χ1) is 6.21. The van der Waals surface area contributed by atoms with Crippen molar-refractivity contribution in [2.45, 2.75) is 65.1 Å². The van der Waals surface area contributed by atoms with Gasteiger partial charge < -0.3 is 0 Å². The molecule has 2 saturated heterocycles. The van der Waals surface area contributed by atoms with Crippen LogP contribution in [0.25, 0.3) is 0 Å². The van der Waals surface area contributed by atoms with Gasteiger partial charge in [0.25, 0.3) is 0 Å². The number of hydroxylamine groups is 4. The molecule has 4 unspecified atom stereocenters. The predicted octanol–water partition coefficient (Wildman–Crippen LogP) is 1.73. The van der Waals surface area contributed by atoms with Crippen molar-refractivity contribution >= 4 is 0 Å². The number of hydrogen-bond donors (Lipinski definition) is 0. The van der Waals surface area contributed by atoms with Crippen molar-refractivity contribution in [1.29, 1.82) is 0 Å². The van der Waals surface area contributed by atoms with E-state index in [1.165, 1.54) is 0 Å². The van der Waals surface area contributed by atoms with E-state index in [1.807, 2.05) is 10.1 Å². The van der Waals surface area contributed by atoms with Gasteiger partial charge in [0.05, 0.1) is 0 Å². The Hall–Kier alpha value is -0.160. The minimum absolute atomic E-state index is 0.0696. The first kappa shape index (κ1) is 10.4. The molecule has 0 aliphatic carbocycles. The summed E-state index contributed by atoms with van der Waals surface area (Å²) in [6, 6.07) is 0. The van der Waals surface area contributed by atoms with Crippen LogP contribution in [0.15, 0.2) is 0 Å². The Labute approximate surface area is 85.7 Å². The van der Waals surface area contributed by atoms with E-state index in [2.05, 4.69) is 41.5 Å². The third-order valence-corrected chi connectivity index (χ3v) is 2.38. The number of rotatable bonds is 1. The molecule has 0 amide bonds. The second-order valence-corrected chi connectivity index (χ2v) is 5.99. The SMILES string of the molecule is CC(C)(C)N1OC1C1ON1C(C)(C)C. The van der Waals surface area contributed by atoms with E-state index in [4.69, 9.17) is 9.68 Å². The molecule has 2 aliphatic heterocycles. The van der Waals surface area contributed by atoms with Gasteiger partial charge in [-0.1, -0.05) is 0 Å². The normalized spacial score (nSPS) is 42.4. The summed E-state index contributed by atoms with van der Waals surface area (Å²) in [4.78, 5) is 11.0. The fourth-order valence-corrected chi connectivity index (χ4v) is 1.59. The Kier molecular flexibility index (Phi) is 2.00. The van der Waals surface area contributed by atoms with Crippen LogP contribution in [0.2, 0.25) is 0 Å². The smallest absolute Gasteiger partial charge is 0.198 e. The molecule has 0 aromatic carbocycles. The molecule has 0 N–H and O–H groups in total. The zero-order chi connectivity index (χ0) is 10.7. The van der Waals surface area contributed by atoms with Crippen LogP contribution in [-0.2, 0) is 9.68 Å². The molecule has 0 saturated carbocycles. The molecular formula is C10H20N2O2. The second-order valence-electron chi connectivity index (χ2n) is 5.99. The molecule has 82 valence electrons. The van der Waals surface area contributed by atoms with Gasteiger partial charge in [0, 0.05) is 11.1 Å². The standard InChI is InChI=1S/C10H20N2O2/c1-9(2,3)11-7(13-11)8-12(14-8)10(4,5)6/h7-8H,1-6H3. The van der Waals surface area contributed by atoms with Crippen molar-refractivity contribution in [3.63, 3.8) is 0 Å². The van der Waals surface area contributed by atoms with Gasteiger partial charge in [-0.15, -0.1) is 10.1 Å². The van der Waals surface area contributed by atoms with E-state index in [0.29, 0.717) is 0 Å². The minimum atomic E-state index is 0.0696. The molecule has 0 radical (unpaired) electrons. The highest BCUT2D eigenvalue weighted by molar-refractivity contribution is 4.92. The van der Waals surface area contributed by atoms with Crippen LogP contribution >= 0.6 is 0 Å². The summed E-state index contributed by atoms with van der Waals surface area (Å²) >= 11 is 0. The Bertz CT molecular complexity index is 215. The van der Waals surface area contributed by atoms with Gasteiger partial charge in [0.15, 0.2) is 12.5 Å². The molecular weight excluding hydrogens is 180 g/mol. The highest BCUT2D eigenvalue weighted by atomic mass is 16.9. The fourth-order valence-electron chi connectivity index (χ4n) is 1.59. The van der Waals surface area contributed by atoms with Crippen molar-refractivity contribution < 1.29 is 9.68 Å². The fraction of sp³-hybridized carbons (Fsp3) is 1.00. The van der Waals surface area contributed by atoms with Crippen molar-refractivity contribution in [2.75, 3.05) is 0 Å². The quantitative estimate of drug-likeness (QED) is 0.603. The number of nitrogens with zero attached hydrogens (tertiary/aromatic N) is 2. The molecule has 4 nitrogen and oxygen atoms in total. The molecule has 0 aromatic heterocycles. The maximum absolute atomic E-state index is 5.50. The molecule has 2 aliphatic rings. The second kappa shape index (κ2) is 2.70. The lowest BCUT2D eigenvalue weighted by molar-refractivity contribution is 0.101. The molecule has 0 bridgehead atoms. The Morgan fingerprint density at radius 3 is 1.14 bits per heavy atom. The topological polar surface area (TPSA) is 31.1 Å². The molecule has 0 spiro atoms. The van der Waals surface area contributed by atoms with E-state index in [0.717, 1.165) is 0 Å². The lowest BCUT2D eigenvalue weighted by Crippen LogP contribution is -2.32. The summed E-state index contributed by atoms with van der Waals surface area (Å²) in [5.41, 5.74) is 0.139. The molecule has 14 heavy (non-hydrogen) atoms. The summed E-state index contributed by atoms with van der Waals surface area (Å²) < 4.78 is 0. The van der Waals surface area contributed by atoms with Gasteiger partial charge in [0.1, 0.15) is 0 Å². The van der Waals surface area contributed by atoms with Gasteiger partial charge in [-0.05, 0) is 41.5 Å². The van der Waals surface area contributed by atoms with Gasteiger partial charge in [0.2, 0.25) is 0 Å². The van der Waals surface area contributed by atoms with Crippen LogP contribution < -0.4 is 0 Å². The molecule has 4 heteroatoms. The van der Waals surface area contributed by atoms with E-state index < -0.39 is 0 Å². The predicted molar refractivity (Wildman–Crippen MR) is 52.9 cm³/mol. The van der Waals surface area contributed by atoms with E-state index >= 15 is 0 Å². The first-order valence-corrected chi connectivity index (χ1v) is 5.13. The van der Waals surface area contributed by atoms with Crippen LogP contribution in [0.4, 0.5) is 0 Å². The molecule has 2 heterocycles. The van der Waals surface area contributed by atoms with Crippen LogP contribution in [0, 0.1) is 0 Å². The monoisotopic (exact) mass is 200 g/mol. The molecule has 2 rings (SSSR count). The summed E-state index contributed by atoms with van der Waals surface area (Å²) in [7, 11) is 0. The average Bonchev–Trinajstić information content (AvgIpc) is 2.76. The zero-order valence-corrected chi connectivity index (χ0v) is 9.87. The highest BCUT2D eigenvalue weighted by Gasteiger charge is 2.61. The van der Waals surface area contributed by atoms with Gasteiger partial charge in [-0.2, -0.15) is 0 Å². The zero-order valence-electron chi connectivity index (χ0n) is 9.87. The van der Waals surface area contributed by atoms with Gasteiger partial charge in [-0.25, -0.2) is 0 Å². The lowest BCUT2D eigenvalue weighted by atomic mass is 10.1. The molecule has 2 fully saturated rings. The van der Waals surface area contributed by atoms with Crippen LogP contribution in [0.3, 0.4) is 0 Å². The molecule has 4 atom stereocenters. The Morgan fingerprint density at radius 2 is 1.00 bits per heavy atom.